The number of hydrogen-bond acceptors (Lipinski definition) is 2. The number of carbonyl (C=O) groups excluding carboxylic acids is 1. The van der Waals surface area contributed by atoms with Crippen molar-refractivity contribution in [2.45, 2.75) is 46.6 Å². The summed E-state index contributed by atoms with van der Waals surface area (Å²) in [6.45, 7) is 9.60. The largest absolute Gasteiger partial charge is 0.394 e. The average Bonchev–Trinajstić information content (AvgIpc) is 1.81. The van der Waals surface area contributed by atoms with Crippen LogP contribution < -0.4 is 5.32 Å². The Kier molecular flexibility index (Phi) is 3.91. The van der Waals surface area contributed by atoms with Crippen LogP contribution in [-0.4, -0.2) is 23.2 Å². The van der Waals surface area contributed by atoms with Gasteiger partial charge in [-0.15, -0.1) is 0 Å². The molecular formula is C10H21NO2. The molecule has 0 aliphatic rings. The molecule has 0 aliphatic heterocycles. The van der Waals surface area contributed by atoms with E-state index in [0.29, 0.717) is 6.42 Å². The van der Waals surface area contributed by atoms with Gasteiger partial charge in [0.15, 0.2) is 0 Å². The summed E-state index contributed by atoms with van der Waals surface area (Å²) in [6, 6.07) is 0. The molecule has 13 heavy (non-hydrogen) atoms. The third kappa shape index (κ3) is 6.58. The highest BCUT2D eigenvalue weighted by molar-refractivity contribution is 5.77. The van der Waals surface area contributed by atoms with Gasteiger partial charge in [0.1, 0.15) is 0 Å². The molecule has 0 unspecified atom stereocenters. The van der Waals surface area contributed by atoms with Crippen molar-refractivity contribution in [3.63, 3.8) is 0 Å². The Morgan fingerprint density at radius 3 is 2.00 bits per heavy atom. The molecule has 0 heterocycles. The Morgan fingerprint density at radius 1 is 1.23 bits per heavy atom. The summed E-state index contributed by atoms with van der Waals surface area (Å²) in [5.74, 6) is -0.00782. The summed E-state index contributed by atoms with van der Waals surface area (Å²) in [4.78, 5) is 11.4. The van der Waals surface area contributed by atoms with E-state index in [1.54, 1.807) is 13.8 Å². The minimum absolute atomic E-state index is 0.00435. The first-order valence-corrected chi connectivity index (χ1v) is 4.58. The van der Waals surface area contributed by atoms with Crippen LogP contribution >= 0.6 is 0 Å². The molecule has 0 aromatic carbocycles. The maximum absolute atomic E-state index is 11.4. The van der Waals surface area contributed by atoms with E-state index in [4.69, 9.17) is 5.11 Å². The Balaban J connectivity index is 4.03. The quantitative estimate of drug-likeness (QED) is 0.700. The molecule has 0 fully saturated rings. The van der Waals surface area contributed by atoms with Crippen molar-refractivity contribution in [1.29, 1.82) is 0 Å². The Bertz CT molecular complexity index is 180. The third-order valence-electron chi connectivity index (χ3n) is 1.56. The molecule has 0 aromatic rings. The maximum atomic E-state index is 11.4. The fraction of sp³-hybridized carbons (Fsp3) is 0.900. The van der Waals surface area contributed by atoms with Crippen molar-refractivity contribution >= 4 is 5.91 Å². The van der Waals surface area contributed by atoms with Gasteiger partial charge in [-0.3, -0.25) is 4.79 Å². The molecule has 3 heteroatoms. The molecule has 0 atom stereocenters. The molecule has 0 aliphatic carbocycles. The Morgan fingerprint density at radius 2 is 1.69 bits per heavy atom. The van der Waals surface area contributed by atoms with Crippen molar-refractivity contribution in [1.82, 2.24) is 5.32 Å². The molecule has 0 rings (SSSR count). The van der Waals surface area contributed by atoms with E-state index in [0.717, 1.165) is 0 Å². The summed E-state index contributed by atoms with van der Waals surface area (Å²) >= 11 is 0. The predicted molar refractivity (Wildman–Crippen MR) is 53.4 cm³/mol. The zero-order valence-corrected chi connectivity index (χ0v) is 9.27. The number of carbonyl (C=O) groups is 1. The summed E-state index contributed by atoms with van der Waals surface area (Å²) in [5.41, 5.74) is -0.516. The van der Waals surface area contributed by atoms with Gasteiger partial charge in [0, 0.05) is 6.42 Å². The van der Waals surface area contributed by atoms with Gasteiger partial charge in [-0.25, -0.2) is 0 Å². The topological polar surface area (TPSA) is 49.3 Å². The zero-order valence-electron chi connectivity index (χ0n) is 9.27. The zero-order chi connectivity index (χ0) is 10.7. The van der Waals surface area contributed by atoms with Crippen molar-refractivity contribution in [3.8, 4) is 0 Å². The van der Waals surface area contributed by atoms with Gasteiger partial charge in [-0.1, -0.05) is 20.8 Å². The van der Waals surface area contributed by atoms with Crippen LogP contribution in [0, 0.1) is 5.41 Å². The fourth-order valence-corrected chi connectivity index (χ4v) is 0.943. The molecule has 0 radical (unpaired) electrons. The number of hydrogen-bond donors (Lipinski definition) is 2. The normalized spacial score (nSPS) is 12.8. The van der Waals surface area contributed by atoms with Gasteiger partial charge in [0.05, 0.1) is 12.1 Å². The summed E-state index contributed by atoms with van der Waals surface area (Å²) in [5, 5.41) is 11.7. The van der Waals surface area contributed by atoms with Crippen LogP contribution in [0.3, 0.4) is 0 Å². The molecule has 0 saturated heterocycles. The number of rotatable bonds is 3. The van der Waals surface area contributed by atoms with E-state index < -0.39 is 5.54 Å². The smallest absolute Gasteiger partial charge is 0.221 e. The van der Waals surface area contributed by atoms with Crippen molar-refractivity contribution in [2.75, 3.05) is 6.61 Å². The monoisotopic (exact) mass is 187 g/mol. The molecule has 3 nitrogen and oxygen atoms in total. The van der Waals surface area contributed by atoms with Crippen molar-refractivity contribution in [3.05, 3.63) is 0 Å². The highest BCUT2D eigenvalue weighted by Crippen LogP contribution is 2.18. The van der Waals surface area contributed by atoms with Crippen LogP contribution in [-0.2, 0) is 4.79 Å². The molecule has 0 aromatic heterocycles. The summed E-state index contributed by atoms with van der Waals surface area (Å²) in [7, 11) is 0. The lowest BCUT2D eigenvalue weighted by Gasteiger charge is -2.26. The standard InChI is InChI=1S/C10H21NO2/c1-9(2,3)6-8(13)11-10(4,5)7-12/h12H,6-7H2,1-5H3,(H,11,13). The highest BCUT2D eigenvalue weighted by Gasteiger charge is 2.22. The maximum Gasteiger partial charge on any atom is 0.221 e. The van der Waals surface area contributed by atoms with Crippen molar-refractivity contribution < 1.29 is 9.90 Å². The average molecular weight is 187 g/mol. The second-order valence-electron chi connectivity index (χ2n) is 5.33. The SMILES string of the molecule is CC(C)(C)CC(=O)NC(C)(C)CO. The molecule has 78 valence electrons. The molecular weight excluding hydrogens is 166 g/mol. The van der Waals surface area contributed by atoms with Crippen LogP contribution in [0.2, 0.25) is 0 Å². The van der Waals surface area contributed by atoms with Crippen LogP contribution in [0.5, 0.6) is 0 Å². The van der Waals surface area contributed by atoms with E-state index in [2.05, 4.69) is 5.32 Å². The molecule has 0 bridgehead atoms. The summed E-state index contributed by atoms with van der Waals surface area (Å²) in [6.07, 6.45) is 0.483. The molecule has 0 saturated carbocycles. The first-order valence-electron chi connectivity index (χ1n) is 4.58. The fourth-order valence-electron chi connectivity index (χ4n) is 0.943. The van der Waals surface area contributed by atoms with Crippen LogP contribution in [0.25, 0.3) is 0 Å². The van der Waals surface area contributed by atoms with Crippen molar-refractivity contribution in [2.24, 2.45) is 5.41 Å². The van der Waals surface area contributed by atoms with E-state index in [1.165, 1.54) is 0 Å². The van der Waals surface area contributed by atoms with E-state index in [1.807, 2.05) is 20.8 Å². The first kappa shape index (κ1) is 12.4. The van der Waals surface area contributed by atoms with Crippen LogP contribution in [0.4, 0.5) is 0 Å². The number of aliphatic hydroxyl groups excluding tert-OH is 1. The minimum Gasteiger partial charge on any atom is -0.394 e. The van der Waals surface area contributed by atoms with Gasteiger partial charge in [-0.2, -0.15) is 0 Å². The summed E-state index contributed by atoms with van der Waals surface area (Å²) < 4.78 is 0. The lowest BCUT2D eigenvalue weighted by atomic mass is 9.91. The lowest BCUT2D eigenvalue weighted by Crippen LogP contribution is -2.47. The number of amides is 1. The second-order valence-corrected chi connectivity index (χ2v) is 5.33. The molecule has 1 amide bonds. The van der Waals surface area contributed by atoms with Gasteiger partial charge < -0.3 is 10.4 Å². The van der Waals surface area contributed by atoms with Gasteiger partial charge >= 0.3 is 0 Å². The predicted octanol–water partition coefficient (Wildman–Crippen LogP) is 1.31. The molecule has 0 spiro atoms. The van der Waals surface area contributed by atoms with E-state index >= 15 is 0 Å². The first-order chi connectivity index (χ1) is 5.66. The van der Waals surface area contributed by atoms with Gasteiger partial charge in [0.2, 0.25) is 5.91 Å². The van der Waals surface area contributed by atoms with Crippen LogP contribution in [0.1, 0.15) is 41.0 Å². The highest BCUT2D eigenvalue weighted by atomic mass is 16.3. The van der Waals surface area contributed by atoms with E-state index in [9.17, 15) is 4.79 Å². The second kappa shape index (κ2) is 4.09. The molecule has 2 N–H and O–H groups in total. The van der Waals surface area contributed by atoms with Crippen LogP contribution in [0.15, 0.2) is 0 Å². The van der Waals surface area contributed by atoms with Gasteiger partial charge in [0.25, 0.3) is 0 Å². The lowest BCUT2D eigenvalue weighted by molar-refractivity contribution is -0.124. The minimum atomic E-state index is -0.512. The third-order valence-corrected chi connectivity index (χ3v) is 1.56. The number of aliphatic hydroxyl groups is 1. The van der Waals surface area contributed by atoms with Gasteiger partial charge in [-0.05, 0) is 19.3 Å². The Labute approximate surface area is 80.5 Å². The number of nitrogens with one attached hydrogen (secondary N) is 1. The van der Waals surface area contributed by atoms with E-state index in [-0.39, 0.29) is 17.9 Å². The Hall–Kier alpha value is -0.570.